The number of carbonyl (C=O) groups excluding carboxylic acids is 2. The van der Waals surface area contributed by atoms with Crippen LogP contribution in [0.15, 0.2) is 54.7 Å². The van der Waals surface area contributed by atoms with Crippen LogP contribution in [0.5, 0.6) is 11.6 Å². The number of amides is 3. The molecule has 220 valence electrons. The largest absolute Gasteiger partial charge is 0.439 e. The quantitative estimate of drug-likeness (QED) is 0.287. The molecule has 5 N–H and O–H groups in total. The fourth-order valence-electron chi connectivity index (χ4n) is 4.16. The lowest BCUT2D eigenvalue weighted by Crippen LogP contribution is -2.45. The molecule has 1 aliphatic rings. The Morgan fingerprint density at radius 2 is 1.76 bits per heavy atom. The normalized spacial score (nSPS) is 14.0. The van der Waals surface area contributed by atoms with Crippen LogP contribution in [0.4, 0.5) is 25.0 Å². The smallest absolute Gasteiger partial charge is 0.319 e. The summed E-state index contributed by atoms with van der Waals surface area (Å²) in [5.41, 5.74) is 5.62. The number of nitrogens with two attached hydrogens (primary N) is 1. The lowest BCUT2D eigenvalue weighted by molar-refractivity contribution is 0.0996. The van der Waals surface area contributed by atoms with Crippen LogP contribution in [0.2, 0.25) is 0 Å². The van der Waals surface area contributed by atoms with Gasteiger partial charge in [0.15, 0.2) is 0 Å². The molecule has 1 saturated heterocycles. The Morgan fingerprint density at radius 3 is 2.34 bits per heavy atom. The van der Waals surface area contributed by atoms with Crippen LogP contribution in [-0.2, 0) is 16.6 Å². The molecule has 1 fully saturated rings. The Balaban J connectivity index is 0.00000462. The number of halogens is 3. The Labute approximate surface area is 241 Å². The molecule has 0 unspecified atom stereocenters. The molecule has 0 saturated carbocycles. The number of hydrogen-bond donors (Lipinski definition) is 4. The van der Waals surface area contributed by atoms with Gasteiger partial charge in [-0.15, -0.1) is 12.4 Å². The molecular weight excluding hydrogens is 582 g/mol. The number of primary amides is 1. The van der Waals surface area contributed by atoms with E-state index in [1.165, 1.54) is 0 Å². The minimum absolute atomic E-state index is 0. The molecular formula is C26H29ClF2N6O5S. The summed E-state index contributed by atoms with van der Waals surface area (Å²) in [4.78, 5) is 30.2. The molecule has 0 spiro atoms. The lowest BCUT2D eigenvalue weighted by atomic mass is 10.0. The number of likely N-dealkylation sites (tertiary alicyclic amines) is 1. The maximum atomic E-state index is 14.0. The number of benzene rings is 2. The fourth-order valence-corrected chi connectivity index (χ4v) is 4.73. The van der Waals surface area contributed by atoms with Crippen molar-refractivity contribution < 1.29 is 31.5 Å². The van der Waals surface area contributed by atoms with Gasteiger partial charge in [0.1, 0.15) is 17.4 Å². The van der Waals surface area contributed by atoms with Gasteiger partial charge >= 0.3 is 6.03 Å². The summed E-state index contributed by atoms with van der Waals surface area (Å²) in [7, 11) is -3.36. The highest BCUT2D eigenvalue weighted by atomic mass is 35.5. The van der Waals surface area contributed by atoms with Crippen molar-refractivity contribution >= 4 is 45.7 Å². The summed E-state index contributed by atoms with van der Waals surface area (Å²) < 4.78 is 58.4. The SMILES string of the molecule is CS(=O)(=O)Nc1ccc(Oc2ccc(CN3CCC(NC(=O)Nc4cc(C(N)=O)c(F)cc4F)CC3)cn2)cc1.Cl. The van der Waals surface area contributed by atoms with Crippen molar-refractivity contribution in [2.75, 3.05) is 29.4 Å². The van der Waals surface area contributed by atoms with E-state index in [0.29, 0.717) is 55.9 Å². The van der Waals surface area contributed by atoms with Crippen molar-refractivity contribution in [3.63, 3.8) is 0 Å². The Morgan fingerprint density at radius 1 is 1.07 bits per heavy atom. The number of carbonyl (C=O) groups is 2. The van der Waals surface area contributed by atoms with E-state index < -0.39 is 39.2 Å². The van der Waals surface area contributed by atoms with Gasteiger partial charge in [0, 0.05) is 49.7 Å². The number of aromatic nitrogens is 1. The predicted octanol–water partition coefficient (Wildman–Crippen LogP) is 3.83. The van der Waals surface area contributed by atoms with Crippen LogP contribution in [0.25, 0.3) is 0 Å². The molecule has 2 aromatic carbocycles. The molecule has 11 nitrogen and oxygen atoms in total. The van der Waals surface area contributed by atoms with Crippen molar-refractivity contribution in [1.82, 2.24) is 15.2 Å². The van der Waals surface area contributed by atoms with Crippen LogP contribution in [0.1, 0.15) is 28.8 Å². The van der Waals surface area contributed by atoms with Crippen LogP contribution in [0, 0.1) is 11.6 Å². The number of rotatable bonds is 9. The monoisotopic (exact) mass is 610 g/mol. The van der Waals surface area contributed by atoms with Crippen LogP contribution >= 0.6 is 12.4 Å². The number of nitrogens with one attached hydrogen (secondary N) is 3. The third-order valence-electron chi connectivity index (χ3n) is 6.08. The highest BCUT2D eigenvalue weighted by molar-refractivity contribution is 7.92. The summed E-state index contributed by atoms with van der Waals surface area (Å²) in [6.07, 6.45) is 4.10. The van der Waals surface area contributed by atoms with E-state index in [0.717, 1.165) is 17.9 Å². The van der Waals surface area contributed by atoms with Crippen LogP contribution in [-0.4, -0.2) is 55.6 Å². The standard InChI is InChI=1S/C26H28F2N6O5S.ClH/c1-40(37,38)33-18-3-5-19(6-4-18)39-24-7-2-16(14-30-24)15-34-10-8-17(9-11-34)31-26(36)32-23-12-20(25(29)35)21(27)13-22(23)28;/h2-7,12-14,17,33H,8-11,15H2,1H3,(H2,29,35)(H2,31,32,36);1H. The van der Waals surface area contributed by atoms with Gasteiger partial charge in [-0.3, -0.25) is 14.4 Å². The zero-order valence-electron chi connectivity index (χ0n) is 21.9. The van der Waals surface area contributed by atoms with Gasteiger partial charge in [-0.25, -0.2) is 27.0 Å². The highest BCUT2D eigenvalue weighted by Gasteiger charge is 2.22. The summed E-state index contributed by atoms with van der Waals surface area (Å²) in [6, 6.07) is 10.7. The molecule has 0 bridgehead atoms. The van der Waals surface area contributed by atoms with Crippen molar-refractivity contribution in [2.24, 2.45) is 5.73 Å². The number of sulfonamides is 1. The van der Waals surface area contributed by atoms with Crippen molar-refractivity contribution in [3.8, 4) is 11.6 Å². The van der Waals surface area contributed by atoms with Gasteiger partial charge in [0.2, 0.25) is 15.9 Å². The highest BCUT2D eigenvalue weighted by Crippen LogP contribution is 2.23. The maximum absolute atomic E-state index is 14.0. The van der Waals surface area contributed by atoms with Crippen molar-refractivity contribution in [3.05, 3.63) is 77.5 Å². The summed E-state index contributed by atoms with van der Waals surface area (Å²) in [5, 5.41) is 5.08. The number of nitrogens with zero attached hydrogens (tertiary/aromatic N) is 2. The second kappa shape index (κ2) is 13.6. The predicted molar refractivity (Wildman–Crippen MR) is 152 cm³/mol. The van der Waals surface area contributed by atoms with Crippen LogP contribution in [0.3, 0.4) is 0 Å². The Hall–Kier alpha value is -4.01. The Bertz CT molecular complexity index is 1490. The average molecular weight is 611 g/mol. The summed E-state index contributed by atoms with van der Waals surface area (Å²) in [6.45, 7) is 2.05. The zero-order chi connectivity index (χ0) is 28.9. The molecule has 0 atom stereocenters. The van der Waals surface area contributed by atoms with Gasteiger partial charge in [-0.05, 0) is 48.7 Å². The van der Waals surface area contributed by atoms with E-state index in [-0.39, 0.29) is 24.1 Å². The average Bonchev–Trinajstić information content (AvgIpc) is 2.88. The lowest BCUT2D eigenvalue weighted by Gasteiger charge is -2.32. The number of hydrogen-bond acceptors (Lipinski definition) is 7. The molecule has 4 rings (SSSR count). The molecule has 0 aliphatic carbocycles. The number of ether oxygens (including phenoxy) is 1. The van der Waals surface area contributed by atoms with E-state index in [4.69, 9.17) is 10.5 Å². The number of urea groups is 1. The molecule has 0 radical (unpaired) electrons. The fraction of sp³-hybridized carbons (Fsp3) is 0.269. The number of pyridine rings is 1. The molecule has 1 aromatic heterocycles. The molecule has 3 amide bonds. The van der Waals surface area contributed by atoms with Crippen molar-refractivity contribution in [1.29, 1.82) is 0 Å². The number of anilines is 2. The second-order valence-corrected chi connectivity index (χ2v) is 11.1. The van der Waals surface area contributed by atoms with Gasteiger partial charge in [0.25, 0.3) is 5.91 Å². The van der Waals surface area contributed by atoms with Gasteiger partial charge in [-0.2, -0.15) is 0 Å². The van der Waals surface area contributed by atoms with Gasteiger partial charge < -0.3 is 21.1 Å². The molecule has 41 heavy (non-hydrogen) atoms. The first-order valence-electron chi connectivity index (χ1n) is 12.2. The van der Waals surface area contributed by atoms with Crippen molar-refractivity contribution in [2.45, 2.75) is 25.4 Å². The zero-order valence-corrected chi connectivity index (χ0v) is 23.5. The topological polar surface area (TPSA) is 156 Å². The number of piperidine rings is 1. The molecule has 3 aromatic rings. The first-order valence-corrected chi connectivity index (χ1v) is 14.1. The summed E-state index contributed by atoms with van der Waals surface area (Å²) in [5.74, 6) is -2.29. The molecule has 15 heteroatoms. The third kappa shape index (κ3) is 9.27. The minimum Gasteiger partial charge on any atom is -0.439 e. The third-order valence-corrected chi connectivity index (χ3v) is 6.68. The first kappa shape index (κ1) is 31.5. The Kier molecular flexibility index (Phi) is 10.4. The van der Waals surface area contributed by atoms with Gasteiger partial charge in [-0.1, -0.05) is 6.07 Å². The van der Waals surface area contributed by atoms with E-state index in [9.17, 15) is 26.8 Å². The van der Waals surface area contributed by atoms with E-state index in [2.05, 4.69) is 25.2 Å². The second-order valence-electron chi connectivity index (χ2n) is 9.33. The maximum Gasteiger partial charge on any atom is 0.319 e. The van der Waals surface area contributed by atoms with E-state index in [1.807, 2.05) is 6.07 Å². The summed E-state index contributed by atoms with van der Waals surface area (Å²) >= 11 is 0. The molecule has 1 aliphatic heterocycles. The van der Waals surface area contributed by atoms with Crippen LogP contribution < -0.4 is 25.8 Å². The molecule has 2 heterocycles. The van der Waals surface area contributed by atoms with E-state index in [1.54, 1.807) is 36.5 Å². The van der Waals surface area contributed by atoms with Gasteiger partial charge in [0.05, 0.1) is 17.5 Å². The first-order chi connectivity index (χ1) is 18.9. The minimum atomic E-state index is -3.36. The van der Waals surface area contributed by atoms with E-state index >= 15 is 0 Å².